The van der Waals surface area contributed by atoms with Crippen molar-refractivity contribution in [3.05, 3.63) is 35.9 Å². The van der Waals surface area contributed by atoms with Crippen LogP contribution in [0.2, 0.25) is 0 Å². The van der Waals surface area contributed by atoms with Crippen LogP contribution in [0, 0.1) is 6.92 Å². The van der Waals surface area contributed by atoms with Crippen molar-refractivity contribution in [3.8, 4) is 0 Å². The predicted molar refractivity (Wildman–Crippen MR) is 96.8 cm³/mol. The van der Waals surface area contributed by atoms with Gasteiger partial charge in [0.15, 0.2) is 5.76 Å². The van der Waals surface area contributed by atoms with Crippen LogP contribution in [0.1, 0.15) is 29.2 Å². The van der Waals surface area contributed by atoms with Crippen molar-refractivity contribution < 1.29 is 14.0 Å². The summed E-state index contributed by atoms with van der Waals surface area (Å²) in [5.74, 6) is 1.69. The number of aryl methyl sites for hydroxylation is 2. The summed E-state index contributed by atoms with van der Waals surface area (Å²) in [7, 11) is 5.32. The molecule has 8 heteroatoms. The van der Waals surface area contributed by atoms with E-state index in [1.165, 1.54) is 0 Å². The first-order chi connectivity index (χ1) is 12.3. The fourth-order valence-electron chi connectivity index (χ4n) is 3.36. The van der Waals surface area contributed by atoms with Crippen LogP contribution in [0.3, 0.4) is 0 Å². The minimum Gasteiger partial charge on any atom is -0.456 e. The van der Waals surface area contributed by atoms with Gasteiger partial charge in [-0.25, -0.2) is 0 Å². The van der Waals surface area contributed by atoms with Gasteiger partial charge in [0, 0.05) is 40.3 Å². The van der Waals surface area contributed by atoms with E-state index < -0.39 is 5.54 Å². The Morgan fingerprint density at radius 1 is 1.23 bits per heavy atom. The molecule has 1 fully saturated rings. The minimum absolute atomic E-state index is 0.000331. The van der Waals surface area contributed by atoms with E-state index in [1.807, 2.05) is 20.0 Å². The van der Waals surface area contributed by atoms with Gasteiger partial charge in [-0.3, -0.25) is 14.3 Å². The molecule has 0 aliphatic carbocycles. The highest BCUT2D eigenvalue weighted by molar-refractivity contribution is 5.93. The van der Waals surface area contributed by atoms with Crippen molar-refractivity contribution in [2.24, 2.45) is 7.05 Å². The number of anilines is 1. The Bertz CT molecular complexity index is 799. The maximum Gasteiger partial charge on any atom is 0.289 e. The second kappa shape index (κ2) is 6.86. The molecule has 0 radical (unpaired) electrons. The molecule has 2 amide bonds. The predicted octanol–water partition coefficient (Wildman–Crippen LogP) is 1.50. The quantitative estimate of drug-likeness (QED) is 0.894. The summed E-state index contributed by atoms with van der Waals surface area (Å²) < 4.78 is 7.15. The van der Waals surface area contributed by atoms with E-state index in [0.29, 0.717) is 37.5 Å². The fraction of sp³-hybridized carbons (Fsp3) is 0.500. The highest BCUT2D eigenvalue weighted by atomic mass is 16.3. The number of carbonyl (C=O) groups excluding carboxylic acids is 2. The topological polar surface area (TPSA) is 83.6 Å². The molecule has 0 bridgehead atoms. The summed E-state index contributed by atoms with van der Waals surface area (Å²) >= 11 is 0. The molecule has 1 N–H and O–H groups in total. The first-order valence-corrected chi connectivity index (χ1v) is 8.66. The molecule has 26 heavy (non-hydrogen) atoms. The van der Waals surface area contributed by atoms with Crippen molar-refractivity contribution in [2.75, 3.05) is 32.5 Å². The third kappa shape index (κ3) is 3.31. The second-order valence-electron chi connectivity index (χ2n) is 6.95. The number of carbonyl (C=O) groups is 2. The van der Waals surface area contributed by atoms with Crippen molar-refractivity contribution in [2.45, 2.75) is 25.3 Å². The van der Waals surface area contributed by atoms with Gasteiger partial charge in [-0.15, -0.1) is 0 Å². The van der Waals surface area contributed by atoms with Gasteiger partial charge in [0.2, 0.25) is 5.91 Å². The maximum atomic E-state index is 12.9. The molecule has 8 nitrogen and oxygen atoms in total. The average molecular weight is 359 g/mol. The van der Waals surface area contributed by atoms with Gasteiger partial charge in [-0.05, 0) is 31.9 Å². The molecule has 0 spiro atoms. The fourth-order valence-corrected chi connectivity index (χ4v) is 3.36. The zero-order valence-corrected chi connectivity index (χ0v) is 15.7. The van der Waals surface area contributed by atoms with E-state index in [2.05, 4.69) is 10.4 Å². The lowest BCUT2D eigenvalue weighted by atomic mass is 9.85. The molecule has 0 aromatic carbocycles. The zero-order chi connectivity index (χ0) is 18.9. The van der Waals surface area contributed by atoms with E-state index in [9.17, 15) is 9.59 Å². The number of nitrogens with zero attached hydrogens (tertiary/aromatic N) is 4. The number of furan rings is 1. The van der Waals surface area contributed by atoms with Crippen LogP contribution < -0.4 is 5.32 Å². The third-order valence-electron chi connectivity index (χ3n) is 4.86. The Morgan fingerprint density at radius 3 is 2.42 bits per heavy atom. The van der Waals surface area contributed by atoms with Crippen LogP contribution in [0.4, 0.5) is 5.82 Å². The van der Waals surface area contributed by atoms with Gasteiger partial charge in [0.05, 0.1) is 6.20 Å². The van der Waals surface area contributed by atoms with Crippen molar-refractivity contribution >= 4 is 17.6 Å². The summed E-state index contributed by atoms with van der Waals surface area (Å²) in [5.41, 5.74) is -0.757. The van der Waals surface area contributed by atoms with E-state index >= 15 is 0 Å². The number of nitrogens with one attached hydrogen (secondary N) is 1. The smallest absolute Gasteiger partial charge is 0.289 e. The van der Waals surface area contributed by atoms with Gasteiger partial charge in [0.1, 0.15) is 17.1 Å². The average Bonchev–Trinajstić information content (AvgIpc) is 3.23. The SMILES string of the molecule is Cc1ccc(C(=O)N2CCC(Nc3ccnn3C)(C(=O)N(C)C)CC2)o1. The number of rotatable bonds is 4. The molecule has 140 valence electrons. The zero-order valence-electron chi connectivity index (χ0n) is 15.7. The van der Waals surface area contributed by atoms with Gasteiger partial charge in [-0.1, -0.05) is 0 Å². The van der Waals surface area contributed by atoms with Crippen molar-refractivity contribution in [3.63, 3.8) is 0 Å². The third-order valence-corrected chi connectivity index (χ3v) is 4.86. The Labute approximate surface area is 152 Å². The van der Waals surface area contributed by atoms with E-state index in [4.69, 9.17) is 4.42 Å². The lowest BCUT2D eigenvalue weighted by Crippen LogP contribution is -2.58. The molecule has 3 rings (SSSR count). The molecule has 2 aromatic heterocycles. The lowest BCUT2D eigenvalue weighted by molar-refractivity contribution is -0.135. The Hall–Kier alpha value is -2.77. The van der Waals surface area contributed by atoms with Crippen molar-refractivity contribution in [1.82, 2.24) is 19.6 Å². The first kappa shape index (κ1) is 18.0. The highest BCUT2D eigenvalue weighted by Crippen LogP contribution is 2.29. The van der Waals surface area contributed by atoms with Crippen LogP contribution in [0.25, 0.3) is 0 Å². The molecule has 0 atom stereocenters. The number of aromatic nitrogens is 2. The van der Waals surface area contributed by atoms with Crippen LogP contribution in [0.5, 0.6) is 0 Å². The van der Waals surface area contributed by atoms with Crippen LogP contribution >= 0.6 is 0 Å². The highest BCUT2D eigenvalue weighted by Gasteiger charge is 2.44. The Kier molecular flexibility index (Phi) is 4.76. The number of likely N-dealkylation sites (tertiary alicyclic amines) is 1. The molecule has 1 aliphatic rings. The normalized spacial score (nSPS) is 16.4. The molecular weight excluding hydrogens is 334 g/mol. The summed E-state index contributed by atoms with van der Waals surface area (Å²) in [6.45, 7) is 2.76. The number of amides is 2. The van der Waals surface area contributed by atoms with Crippen LogP contribution in [0.15, 0.2) is 28.8 Å². The van der Waals surface area contributed by atoms with E-state index in [-0.39, 0.29) is 11.8 Å². The standard InChI is InChI=1S/C18H25N5O3/c1-13-5-6-14(26-13)16(24)23-11-8-18(9-12-23,17(25)21(2)3)20-15-7-10-19-22(15)4/h5-7,10,20H,8-9,11-12H2,1-4H3. The second-order valence-corrected chi connectivity index (χ2v) is 6.95. The van der Waals surface area contributed by atoms with Gasteiger partial charge in [0.25, 0.3) is 5.91 Å². The summed E-state index contributed by atoms with van der Waals surface area (Å²) in [6, 6.07) is 5.31. The number of piperidine rings is 1. The molecular formula is C18H25N5O3. The number of hydrogen-bond acceptors (Lipinski definition) is 5. The lowest BCUT2D eigenvalue weighted by Gasteiger charge is -2.42. The van der Waals surface area contributed by atoms with Crippen LogP contribution in [-0.2, 0) is 11.8 Å². The molecule has 3 heterocycles. The molecule has 2 aromatic rings. The Morgan fingerprint density at radius 2 is 1.92 bits per heavy atom. The van der Waals surface area contributed by atoms with Crippen molar-refractivity contribution in [1.29, 1.82) is 0 Å². The van der Waals surface area contributed by atoms with Crippen LogP contribution in [-0.4, -0.2) is 64.1 Å². The molecule has 0 saturated carbocycles. The number of hydrogen-bond donors (Lipinski definition) is 1. The summed E-state index contributed by atoms with van der Waals surface area (Å²) in [6.07, 6.45) is 2.72. The Balaban J connectivity index is 1.77. The van der Waals surface area contributed by atoms with Gasteiger partial charge >= 0.3 is 0 Å². The number of likely N-dealkylation sites (N-methyl/N-ethyl adjacent to an activating group) is 1. The molecule has 1 aliphatic heterocycles. The largest absolute Gasteiger partial charge is 0.456 e. The minimum atomic E-state index is -0.757. The summed E-state index contributed by atoms with van der Waals surface area (Å²) in [4.78, 5) is 28.9. The van der Waals surface area contributed by atoms with E-state index in [0.717, 1.165) is 5.82 Å². The van der Waals surface area contributed by atoms with Gasteiger partial charge in [-0.2, -0.15) is 5.10 Å². The summed E-state index contributed by atoms with van der Waals surface area (Å²) in [5, 5.41) is 7.53. The molecule has 1 saturated heterocycles. The van der Waals surface area contributed by atoms with Gasteiger partial charge < -0.3 is 19.5 Å². The first-order valence-electron chi connectivity index (χ1n) is 8.66. The van der Waals surface area contributed by atoms with E-state index in [1.54, 1.807) is 46.9 Å². The monoisotopic (exact) mass is 359 g/mol. The maximum absolute atomic E-state index is 12.9. The molecule has 0 unspecified atom stereocenters.